The molecule has 0 saturated heterocycles. The van der Waals surface area contributed by atoms with Crippen molar-refractivity contribution in [3.63, 3.8) is 0 Å². The molecule has 2 amide bonds. The molecule has 128 valence electrons. The predicted octanol–water partition coefficient (Wildman–Crippen LogP) is 2.95. The summed E-state index contributed by atoms with van der Waals surface area (Å²) in [5, 5.41) is 6.02. The van der Waals surface area contributed by atoms with Crippen LogP contribution >= 0.6 is 11.6 Å². The highest BCUT2D eigenvalue weighted by Gasteiger charge is 2.51. The van der Waals surface area contributed by atoms with Gasteiger partial charge in [0.2, 0.25) is 0 Å². The van der Waals surface area contributed by atoms with Gasteiger partial charge in [-0.15, -0.1) is 0 Å². The molecule has 4 aliphatic carbocycles. The highest BCUT2D eigenvalue weighted by Crippen LogP contribution is 2.55. The number of halogens is 1. The van der Waals surface area contributed by atoms with Gasteiger partial charge in [-0.2, -0.15) is 0 Å². The average molecular weight is 348 g/mol. The highest BCUT2D eigenvalue weighted by molar-refractivity contribution is 6.40. The van der Waals surface area contributed by atoms with Crippen molar-refractivity contribution < 1.29 is 9.59 Å². The van der Waals surface area contributed by atoms with Gasteiger partial charge in [-0.1, -0.05) is 11.6 Å². The third-order valence-electron chi connectivity index (χ3n) is 5.88. The van der Waals surface area contributed by atoms with Crippen LogP contribution in [0.1, 0.15) is 38.5 Å². The van der Waals surface area contributed by atoms with E-state index in [0.29, 0.717) is 16.4 Å². The van der Waals surface area contributed by atoms with Crippen LogP contribution in [-0.4, -0.2) is 17.4 Å². The molecule has 0 spiro atoms. The molecule has 0 radical (unpaired) electrons. The molecule has 24 heavy (non-hydrogen) atoms. The van der Waals surface area contributed by atoms with E-state index in [-0.39, 0.29) is 5.54 Å². The third-order valence-corrected chi connectivity index (χ3v) is 6.21. The molecule has 4 saturated carbocycles. The fraction of sp³-hybridized carbons (Fsp3) is 0.556. The molecule has 4 bridgehead atoms. The van der Waals surface area contributed by atoms with Crippen molar-refractivity contribution in [3.8, 4) is 0 Å². The van der Waals surface area contributed by atoms with Crippen molar-refractivity contribution in [1.82, 2.24) is 5.32 Å². The number of nitrogens with two attached hydrogens (primary N) is 1. The SMILES string of the molecule is Nc1ccc(NC(=O)C(=O)NC23CC4CC(CC(C4)C2)C3)cc1Cl. The van der Waals surface area contributed by atoms with Gasteiger partial charge in [0, 0.05) is 11.2 Å². The van der Waals surface area contributed by atoms with Crippen molar-refractivity contribution in [2.45, 2.75) is 44.1 Å². The molecule has 4 fully saturated rings. The Labute approximate surface area is 146 Å². The van der Waals surface area contributed by atoms with Gasteiger partial charge < -0.3 is 16.4 Å². The summed E-state index contributed by atoms with van der Waals surface area (Å²) in [7, 11) is 0. The van der Waals surface area contributed by atoms with E-state index in [0.717, 1.165) is 37.0 Å². The summed E-state index contributed by atoms with van der Waals surface area (Å²) in [4.78, 5) is 24.6. The van der Waals surface area contributed by atoms with Crippen molar-refractivity contribution >= 4 is 34.8 Å². The van der Waals surface area contributed by atoms with Crippen LogP contribution in [0.3, 0.4) is 0 Å². The van der Waals surface area contributed by atoms with Crippen molar-refractivity contribution in [2.75, 3.05) is 11.1 Å². The summed E-state index contributed by atoms with van der Waals surface area (Å²) < 4.78 is 0. The number of rotatable bonds is 2. The minimum Gasteiger partial charge on any atom is -0.398 e. The average Bonchev–Trinajstić information content (AvgIpc) is 2.49. The van der Waals surface area contributed by atoms with E-state index >= 15 is 0 Å². The zero-order valence-corrected chi connectivity index (χ0v) is 14.2. The fourth-order valence-corrected chi connectivity index (χ4v) is 5.53. The monoisotopic (exact) mass is 347 g/mol. The lowest BCUT2D eigenvalue weighted by Gasteiger charge is -2.56. The van der Waals surface area contributed by atoms with Crippen LogP contribution < -0.4 is 16.4 Å². The number of nitrogen functional groups attached to an aromatic ring is 1. The highest BCUT2D eigenvalue weighted by atomic mass is 35.5. The quantitative estimate of drug-likeness (QED) is 0.568. The van der Waals surface area contributed by atoms with E-state index in [4.69, 9.17) is 17.3 Å². The zero-order valence-electron chi connectivity index (χ0n) is 13.5. The number of carbonyl (C=O) groups is 2. The Morgan fingerprint density at radius 2 is 1.62 bits per heavy atom. The van der Waals surface area contributed by atoms with E-state index < -0.39 is 11.8 Å². The molecule has 0 atom stereocenters. The van der Waals surface area contributed by atoms with E-state index in [9.17, 15) is 9.59 Å². The van der Waals surface area contributed by atoms with Crippen LogP contribution in [-0.2, 0) is 9.59 Å². The summed E-state index contributed by atoms with van der Waals surface area (Å²) in [6, 6.07) is 4.79. The Bertz CT molecular complexity index is 668. The Morgan fingerprint density at radius 3 is 2.17 bits per heavy atom. The predicted molar refractivity (Wildman–Crippen MR) is 93.5 cm³/mol. The summed E-state index contributed by atoms with van der Waals surface area (Å²) in [5.41, 5.74) is 6.40. The van der Waals surface area contributed by atoms with Gasteiger partial charge in [-0.25, -0.2) is 0 Å². The molecule has 6 heteroatoms. The normalized spacial score (nSPS) is 33.3. The number of anilines is 2. The maximum absolute atomic E-state index is 12.4. The summed E-state index contributed by atoms with van der Waals surface area (Å²) in [6.07, 6.45) is 6.95. The van der Waals surface area contributed by atoms with Crippen molar-refractivity contribution in [1.29, 1.82) is 0 Å². The second-order valence-corrected chi connectivity index (χ2v) is 8.25. The van der Waals surface area contributed by atoms with Gasteiger partial charge in [0.1, 0.15) is 0 Å². The Balaban J connectivity index is 1.42. The Morgan fingerprint density at radius 1 is 1.04 bits per heavy atom. The summed E-state index contributed by atoms with van der Waals surface area (Å²) in [6.45, 7) is 0. The molecule has 0 aromatic heterocycles. The second kappa shape index (κ2) is 5.66. The lowest BCUT2D eigenvalue weighted by molar-refractivity contribution is -0.139. The van der Waals surface area contributed by atoms with E-state index in [1.807, 2.05) is 0 Å². The Kier molecular flexibility index (Phi) is 3.71. The lowest BCUT2D eigenvalue weighted by atomic mass is 9.53. The van der Waals surface area contributed by atoms with Crippen LogP contribution in [0.2, 0.25) is 5.02 Å². The first-order chi connectivity index (χ1) is 11.4. The van der Waals surface area contributed by atoms with Crippen LogP contribution in [0, 0.1) is 17.8 Å². The minimum absolute atomic E-state index is 0.165. The topological polar surface area (TPSA) is 84.2 Å². The molecule has 0 aliphatic heterocycles. The van der Waals surface area contributed by atoms with Crippen LogP contribution in [0.4, 0.5) is 11.4 Å². The van der Waals surface area contributed by atoms with Gasteiger partial charge >= 0.3 is 11.8 Å². The molecule has 5 nitrogen and oxygen atoms in total. The van der Waals surface area contributed by atoms with Crippen molar-refractivity contribution in [2.24, 2.45) is 17.8 Å². The second-order valence-electron chi connectivity index (χ2n) is 7.84. The lowest BCUT2D eigenvalue weighted by Crippen LogP contribution is -2.61. The summed E-state index contributed by atoms with van der Waals surface area (Å²) in [5.74, 6) is 0.957. The molecular weight excluding hydrogens is 326 g/mol. The number of benzene rings is 1. The molecule has 1 aromatic rings. The number of hydrogen-bond donors (Lipinski definition) is 3. The van der Waals surface area contributed by atoms with Gasteiger partial charge in [0.15, 0.2) is 0 Å². The minimum atomic E-state index is -0.647. The molecule has 0 heterocycles. The largest absolute Gasteiger partial charge is 0.398 e. The number of hydrogen-bond acceptors (Lipinski definition) is 3. The first-order valence-electron chi connectivity index (χ1n) is 8.61. The van der Waals surface area contributed by atoms with Gasteiger partial charge in [-0.05, 0) is 74.5 Å². The fourth-order valence-electron chi connectivity index (χ4n) is 5.35. The number of carbonyl (C=O) groups excluding carboxylic acids is 2. The smallest absolute Gasteiger partial charge is 0.313 e. The van der Waals surface area contributed by atoms with Crippen LogP contribution in [0.15, 0.2) is 18.2 Å². The van der Waals surface area contributed by atoms with Crippen molar-refractivity contribution in [3.05, 3.63) is 23.2 Å². The standard InChI is InChI=1S/C18H22ClN3O2/c19-14-6-13(1-2-15(14)20)21-16(23)17(24)22-18-7-10-3-11(8-18)5-12(4-10)9-18/h1-2,6,10-12H,3-5,7-9,20H2,(H,21,23)(H,22,24). The molecule has 1 aromatic carbocycles. The van der Waals surface area contributed by atoms with Crippen LogP contribution in [0.5, 0.6) is 0 Å². The number of nitrogens with one attached hydrogen (secondary N) is 2. The van der Waals surface area contributed by atoms with Crippen LogP contribution in [0.25, 0.3) is 0 Å². The molecular formula is C18H22ClN3O2. The third kappa shape index (κ3) is 2.86. The Hall–Kier alpha value is -1.75. The zero-order chi connectivity index (χ0) is 16.9. The van der Waals surface area contributed by atoms with E-state index in [2.05, 4.69) is 10.6 Å². The molecule has 4 N–H and O–H groups in total. The summed E-state index contributed by atoms with van der Waals surface area (Å²) >= 11 is 5.94. The van der Waals surface area contributed by atoms with Gasteiger partial charge in [-0.3, -0.25) is 9.59 Å². The first-order valence-corrected chi connectivity index (χ1v) is 8.99. The maximum atomic E-state index is 12.4. The van der Waals surface area contributed by atoms with E-state index in [1.165, 1.54) is 19.3 Å². The van der Waals surface area contributed by atoms with E-state index in [1.54, 1.807) is 18.2 Å². The molecule has 4 aliphatic rings. The maximum Gasteiger partial charge on any atom is 0.313 e. The molecule has 5 rings (SSSR count). The van der Waals surface area contributed by atoms with Gasteiger partial charge in [0.05, 0.1) is 10.7 Å². The molecule has 0 unspecified atom stereocenters. The number of amides is 2. The van der Waals surface area contributed by atoms with Gasteiger partial charge in [0.25, 0.3) is 0 Å². The first kappa shape index (κ1) is 15.8.